The van der Waals surface area contributed by atoms with Crippen molar-refractivity contribution in [3.05, 3.63) is 24.3 Å². The first-order chi connectivity index (χ1) is 11.9. The van der Waals surface area contributed by atoms with Gasteiger partial charge in [0, 0.05) is 46.2 Å². The van der Waals surface area contributed by atoms with E-state index in [0.29, 0.717) is 18.9 Å². The Hall–Kier alpha value is -1.39. The van der Waals surface area contributed by atoms with E-state index >= 15 is 0 Å². The second-order valence-corrected chi connectivity index (χ2v) is 6.01. The summed E-state index contributed by atoms with van der Waals surface area (Å²) in [4.78, 5) is 8.41. The number of anilines is 1. The Morgan fingerprint density at radius 2 is 1.81 bits per heavy atom. The summed E-state index contributed by atoms with van der Waals surface area (Å²) in [5.41, 5.74) is 0.817. The highest BCUT2D eigenvalue weighted by atomic mass is 127. The average Bonchev–Trinajstić information content (AvgIpc) is 2.58. The number of phenolic OH excluding ortho intramolecular Hbond substituents is 1. The maximum atomic E-state index is 12.1. The molecule has 5 nitrogen and oxygen atoms in total. The molecule has 0 amide bonds. The Morgan fingerprint density at radius 1 is 1.15 bits per heavy atom. The van der Waals surface area contributed by atoms with Crippen molar-refractivity contribution in [2.45, 2.75) is 25.4 Å². The first kappa shape index (κ1) is 22.7. The minimum absolute atomic E-state index is 0. The molecule has 0 unspecified atom stereocenters. The van der Waals surface area contributed by atoms with E-state index in [1.807, 2.05) is 12.1 Å². The third-order valence-corrected chi connectivity index (χ3v) is 4.18. The second kappa shape index (κ2) is 10.7. The van der Waals surface area contributed by atoms with Gasteiger partial charge in [-0.25, -0.2) is 0 Å². The Labute approximate surface area is 169 Å². The molecule has 9 heteroatoms. The van der Waals surface area contributed by atoms with Gasteiger partial charge in [-0.1, -0.05) is 12.1 Å². The SMILES string of the molecule is CN=C(NCCCCC(F)(F)F)N1CCN(c2ccccc2O)CC1.I. The lowest BCUT2D eigenvalue weighted by atomic mass is 10.2. The average molecular weight is 486 g/mol. The smallest absolute Gasteiger partial charge is 0.389 e. The van der Waals surface area contributed by atoms with Crippen molar-refractivity contribution < 1.29 is 18.3 Å². The normalized spacial score (nSPS) is 15.6. The molecule has 1 fully saturated rings. The highest BCUT2D eigenvalue weighted by molar-refractivity contribution is 14.0. The van der Waals surface area contributed by atoms with E-state index in [-0.39, 0.29) is 36.1 Å². The molecule has 0 atom stereocenters. The van der Waals surface area contributed by atoms with E-state index < -0.39 is 12.6 Å². The number of alkyl halides is 3. The van der Waals surface area contributed by atoms with Gasteiger partial charge in [0.25, 0.3) is 0 Å². The van der Waals surface area contributed by atoms with Gasteiger partial charge in [0.05, 0.1) is 5.69 Å². The van der Waals surface area contributed by atoms with Gasteiger partial charge in [0.2, 0.25) is 0 Å². The first-order valence-electron chi connectivity index (χ1n) is 8.46. The van der Waals surface area contributed by atoms with Crippen LogP contribution in [0.5, 0.6) is 5.75 Å². The Balaban J connectivity index is 0.00000338. The van der Waals surface area contributed by atoms with Crippen LogP contribution in [0.25, 0.3) is 0 Å². The number of benzene rings is 1. The number of aliphatic imine (C=N–C) groups is 1. The van der Waals surface area contributed by atoms with E-state index in [0.717, 1.165) is 31.9 Å². The summed E-state index contributed by atoms with van der Waals surface area (Å²) in [5, 5.41) is 13.1. The van der Waals surface area contributed by atoms with Crippen molar-refractivity contribution >= 4 is 35.6 Å². The lowest BCUT2D eigenvalue weighted by Gasteiger charge is -2.37. The summed E-state index contributed by atoms with van der Waals surface area (Å²) in [6.07, 6.45) is -4.25. The molecule has 1 aliphatic rings. The molecule has 0 aromatic heterocycles. The fraction of sp³-hybridized carbons (Fsp3) is 0.588. The largest absolute Gasteiger partial charge is 0.506 e. The summed E-state index contributed by atoms with van der Waals surface area (Å²) < 4.78 is 36.4. The zero-order chi connectivity index (χ0) is 18.3. The third kappa shape index (κ3) is 7.08. The van der Waals surface area contributed by atoms with Crippen molar-refractivity contribution in [1.82, 2.24) is 10.2 Å². The molecule has 0 saturated carbocycles. The number of guanidine groups is 1. The molecular formula is C17H26F3IN4O. The van der Waals surface area contributed by atoms with Crippen LogP contribution in [0.1, 0.15) is 19.3 Å². The number of nitrogens with one attached hydrogen (secondary N) is 1. The molecule has 0 aliphatic carbocycles. The van der Waals surface area contributed by atoms with Crippen LogP contribution >= 0.6 is 24.0 Å². The van der Waals surface area contributed by atoms with Crippen molar-refractivity contribution in [2.24, 2.45) is 4.99 Å². The number of nitrogens with zero attached hydrogens (tertiary/aromatic N) is 3. The molecule has 1 saturated heterocycles. The molecule has 0 radical (unpaired) electrons. The van der Waals surface area contributed by atoms with E-state index in [2.05, 4.69) is 20.1 Å². The minimum atomic E-state index is -4.08. The van der Waals surface area contributed by atoms with Gasteiger partial charge in [0.1, 0.15) is 5.75 Å². The van der Waals surface area contributed by atoms with Crippen molar-refractivity contribution in [3.63, 3.8) is 0 Å². The van der Waals surface area contributed by atoms with Crippen LogP contribution in [-0.4, -0.2) is 61.9 Å². The zero-order valence-electron chi connectivity index (χ0n) is 14.8. The Morgan fingerprint density at radius 3 is 2.38 bits per heavy atom. The van der Waals surface area contributed by atoms with Gasteiger partial charge in [-0.2, -0.15) is 13.2 Å². The van der Waals surface area contributed by atoms with Crippen LogP contribution in [0.3, 0.4) is 0 Å². The zero-order valence-corrected chi connectivity index (χ0v) is 17.1. The van der Waals surface area contributed by atoms with Crippen LogP contribution in [0.2, 0.25) is 0 Å². The molecule has 0 spiro atoms. The first-order valence-corrected chi connectivity index (χ1v) is 8.46. The Bertz CT molecular complexity index is 575. The summed E-state index contributed by atoms with van der Waals surface area (Å²) in [5.74, 6) is 0.979. The molecule has 1 aliphatic heterocycles. The number of hydrogen-bond donors (Lipinski definition) is 2. The van der Waals surface area contributed by atoms with Gasteiger partial charge in [-0.3, -0.25) is 4.99 Å². The van der Waals surface area contributed by atoms with Crippen LogP contribution in [0.4, 0.5) is 18.9 Å². The quantitative estimate of drug-likeness (QED) is 0.290. The van der Waals surface area contributed by atoms with Gasteiger partial charge in [-0.05, 0) is 25.0 Å². The maximum Gasteiger partial charge on any atom is 0.389 e. The van der Waals surface area contributed by atoms with Crippen LogP contribution in [-0.2, 0) is 0 Å². The molecule has 2 N–H and O–H groups in total. The van der Waals surface area contributed by atoms with E-state index in [9.17, 15) is 18.3 Å². The monoisotopic (exact) mass is 486 g/mol. The van der Waals surface area contributed by atoms with Gasteiger partial charge in [0.15, 0.2) is 5.96 Å². The summed E-state index contributed by atoms with van der Waals surface area (Å²) >= 11 is 0. The fourth-order valence-electron chi connectivity index (χ4n) is 2.87. The number of aromatic hydroxyl groups is 1. The summed E-state index contributed by atoms with van der Waals surface area (Å²) in [7, 11) is 1.67. The van der Waals surface area contributed by atoms with Crippen molar-refractivity contribution in [3.8, 4) is 5.75 Å². The van der Waals surface area contributed by atoms with E-state index in [1.54, 1.807) is 19.2 Å². The Kier molecular flexibility index (Phi) is 9.31. The summed E-state index contributed by atoms with van der Waals surface area (Å²) in [6, 6.07) is 7.24. The lowest BCUT2D eigenvalue weighted by Crippen LogP contribution is -2.52. The molecule has 0 bridgehead atoms. The highest BCUT2D eigenvalue weighted by Crippen LogP contribution is 2.27. The number of rotatable bonds is 5. The highest BCUT2D eigenvalue weighted by Gasteiger charge is 2.26. The number of para-hydroxylation sites is 2. The summed E-state index contributed by atoms with van der Waals surface area (Å²) in [6.45, 7) is 3.42. The second-order valence-electron chi connectivity index (χ2n) is 6.01. The standard InChI is InChI=1S/C17H25F3N4O.HI/c1-21-16(22-9-5-4-8-17(18,19)20)24-12-10-23(11-13-24)14-6-2-3-7-15(14)25;/h2-3,6-7,25H,4-5,8-13H2,1H3,(H,21,22);1H. The predicted octanol–water partition coefficient (Wildman–Crippen LogP) is 3.44. The molecule has 148 valence electrons. The molecule has 1 heterocycles. The number of hydrogen-bond acceptors (Lipinski definition) is 3. The number of phenols is 1. The fourth-order valence-corrected chi connectivity index (χ4v) is 2.87. The number of halogens is 4. The third-order valence-electron chi connectivity index (χ3n) is 4.18. The van der Waals surface area contributed by atoms with E-state index in [4.69, 9.17) is 0 Å². The van der Waals surface area contributed by atoms with Crippen LogP contribution in [0, 0.1) is 0 Å². The lowest BCUT2D eigenvalue weighted by molar-refractivity contribution is -0.135. The molecule has 1 aromatic rings. The van der Waals surface area contributed by atoms with Crippen molar-refractivity contribution in [1.29, 1.82) is 0 Å². The number of piperazine rings is 1. The molecule has 26 heavy (non-hydrogen) atoms. The molecular weight excluding hydrogens is 460 g/mol. The van der Waals surface area contributed by atoms with Crippen molar-refractivity contribution in [2.75, 3.05) is 44.7 Å². The molecule has 2 rings (SSSR count). The topological polar surface area (TPSA) is 51.1 Å². The van der Waals surface area contributed by atoms with E-state index in [1.165, 1.54) is 0 Å². The number of unbranched alkanes of at least 4 members (excludes halogenated alkanes) is 1. The van der Waals surface area contributed by atoms with Crippen LogP contribution in [0.15, 0.2) is 29.3 Å². The maximum absolute atomic E-state index is 12.1. The molecule has 1 aromatic carbocycles. The van der Waals surface area contributed by atoms with Crippen LogP contribution < -0.4 is 10.2 Å². The van der Waals surface area contributed by atoms with Gasteiger partial charge < -0.3 is 20.2 Å². The van der Waals surface area contributed by atoms with Gasteiger partial charge in [-0.15, -0.1) is 24.0 Å². The predicted molar refractivity (Wildman–Crippen MR) is 109 cm³/mol. The minimum Gasteiger partial charge on any atom is -0.506 e. The van der Waals surface area contributed by atoms with Gasteiger partial charge >= 0.3 is 6.18 Å².